The first-order chi connectivity index (χ1) is 17.8. The fourth-order valence-corrected chi connectivity index (χ4v) is 5.88. The third-order valence-electron chi connectivity index (χ3n) is 7.61. The Morgan fingerprint density at radius 2 is 2.05 bits per heavy atom. The number of nitriles is 1. The van der Waals surface area contributed by atoms with Crippen LogP contribution in [-0.2, 0) is 16.1 Å². The van der Waals surface area contributed by atoms with Gasteiger partial charge in [-0.1, -0.05) is 19.9 Å². The molecule has 1 aromatic carbocycles. The molecule has 1 unspecified atom stereocenters. The Morgan fingerprint density at radius 3 is 2.73 bits per heavy atom. The molecule has 37 heavy (non-hydrogen) atoms. The monoisotopic (exact) mass is 501 g/mol. The molecule has 1 fully saturated rings. The maximum absolute atomic E-state index is 13.8. The molecule has 192 valence electrons. The fourth-order valence-electron chi connectivity index (χ4n) is 5.88. The van der Waals surface area contributed by atoms with E-state index in [9.17, 15) is 10.1 Å². The number of morpholine rings is 1. The molecule has 1 atom stereocenters. The molecule has 8 heteroatoms. The van der Waals surface area contributed by atoms with Gasteiger partial charge < -0.3 is 20.1 Å². The van der Waals surface area contributed by atoms with Gasteiger partial charge in [-0.25, -0.2) is 4.98 Å². The lowest BCUT2D eigenvalue weighted by atomic mass is 9.68. The van der Waals surface area contributed by atoms with E-state index < -0.39 is 5.92 Å². The minimum Gasteiger partial charge on any atom is -0.496 e. The molecule has 5 rings (SSSR count). The largest absolute Gasteiger partial charge is 0.496 e. The average molecular weight is 502 g/mol. The van der Waals surface area contributed by atoms with Gasteiger partial charge in [0, 0.05) is 29.3 Å². The predicted molar refractivity (Wildman–Crippen MR) is 138 cm³/mol. The Labute approximate surface area is 218 Å². The summed E-state index contributed by atoms with van der Waals surface area (Å²) in [6.45, 7) is 8.34. The molecule has 2 aromatic rings. The van der Waals surface area contributed by atoms with Gasteiger partial charge in [0.2, 0.25) is 0 Å². The van der Waals surface area contributed by atoms with Gasteiger partial charge >= 0.3 is 0 Å². The molecule has 0 spiro atoms. The number of ketones is 1. The number of ether oxygens (including phenoxy) is 2. The Morgan fingerprint density at radius 1 is 1.27 bits per heavy atom. The first kappa shape index (κ1) is 25.0. The molecule has 4 N–H and O–H groups in total. The van der Waals surface area contributed by atoms with Crippen molar-refractivity contribution >= 4 is 11.5 Å². The van der Waals surface area contributed by atoms with Gasteiger partial charge in [-0.15, -0.1) is 0 Å². The van der Waals surface area contributed by atoms with E-state index in [1.165, 1.54) is 4.90 Å². The Balaban J connectivity index is 1.66. The predicted octanol–water partition coefficient (Wildman–Crippen LogP) is 1.87. The highest BCUT2D eigenvalue weighted by atomic mass is 16.5. The number of rotatable bonds is 5. The maximum atomic E-state index is 13.8. The van der Waals surface area contributed by atoms with Gasteiger partial charge in [-0.3, -0.25) is 9.69 Å². The topological polar surface area (TPSA) is 107 Å². The molecular formula is C29H35N5O3+2. The molecule has 0 saturated carbocycles. The van der Waals surface area contributed by atoms with E-state index in [1.54, 1.807) is 7.11 Å². The van der Waals surface area contributed by atoms with Crippen LogP contribution >= 0.6 is 0 Å². The smallest absolute Gasteiger partial charge is 0.191 e. The molecule has 8 nitrogen and oxygen atoms in total. The standard InChI is InChI=1S/C29H33N5O3/c1-29(2)14-23-27(24(35)15-29)26(22(16-30)28(31)34(23)21-5-4-8-32-17-21)19-6-7-25(36-3)20(13-19)18-33-9-11-37-12-10-33/h4-8,13,17,26H,9-12,14-15,18,31H2,1-3H3/p+2. The minimum absolute atomic E-state index is 0.0672. The van der Waals surface area contributed by atoms with Crippen LogP contribution in [0.2, 0.25) is 0 Å². The second kappa shape index (κ2) is 10.0. The molecule has 0 bridgehead atoms. The third-order valence-corrected chi connectivity index (χ3v) is 7.61. The molecule has 0 amide bonds. The van der Waals surface area contributed by atoms with E-state index in [4.69, 9.17) is 15.2 Å². The van der Waals surface area contributed by atoms with E-state index in [1.807, 2.05) is 41.6 Å². The number of Topliss-reactive ketones (excluding diaryl/α,β-unsaturated/α-hetero) is 1. The summed E-state index contributed by atoms with van der Waals surface area (Å²) >= 11 is 0. The zero-order valence-corrected chi connectivity index (χ0v) is 21.8. The third kappa shape index (κ3) is 4.73. The number of carbonyl (C=O) groups is 1. The number of aromatic nitrogens is 1. The highest BCUT2D eigenvalue weighted by Gasteiger charge is 2.45. The number of pyridine rings is 1. The van der Waals surface area contributed by atoms with Crippen LogP contribution in [0, 0.1) is 16.7 Å². The molecule has 1 aromatic heterocycles. The zero-order chi connectivity index (χ0) is 26.2. The highest BCUT2D eigenvalue weighted by Crippen LogP contribution is 2.50. The van der Waals surface area contributed by atoms with Crippen molar-refractivity contribution in [1.29, 1.82) is 5.26 Å². The fraction of sp³-hybridized carbons (Fsp3) is 0.414. The second-order valence-electron chi connectivity index (χ2n) is 10.9. The SMILES string of the molecule is COc1ccc(C2C(C#N)=C(N)N(c3ccc[nH+]c3)C3=C2C(=O)CC(C)(C)C3)cc1C[NH+]1CCOCC1. The van der Waals surface area contributed by atoms with Crippen LogP contribution in [0.25, 0.3) is 0 Å². The maximum Gasteiger partial charge on any atom is 0.191 e. The number of quaternary nitrogens is 1. The number of aromatic amines is 1. The molecule has 3 heterocycles. The van der Waals surface area contributed by atoms with Crippen molar-refractivity contribution in [2.75, 3.05) is 38.3 Å². The number of hydrogen-bond donors (Lipinski definition) is 2. The van der Waals surface area contributed by atoms with Crippen LogP contribution in [0.3, 0.4) is 0 Å². The number of H-pyrrole nitrogens is 1. The van der Waals surface area contributed by atoms with E-state index >= 15 is 0 Å². The van der Waals surface area contributed by atoms with Crippen molar-refractivity contribution in [2.45, 2.75) is 39.2 Å². The average Bonchev–Trinajstić information content (AvgIpc) is 2.88. The number of hydrogen-bond acceptors (Lipinski definition) is 6. The molecule has 0 radical (unpaired) electrons. The summed E-state index contributed by atoms with van der Waals surface area (Å²) in [6.07, 6.45) is 4.77. The van der Waals surface area contributed by atoms with E-state index in [0.29, 0.717) is 29.8 Å². The number of nitrogens with zero attached hydrogens (tertiary/aromatic N) is 2. The number of anilines is 1. The zero-order valence-electron chi connectivity index (χ0n) is 21.8. The van der Waals surface area contributed by atoms with Crippen LogP contribution in [-0.4, -0.2) is 39.2 Å². The van der Waals surface area contributed by atoms with E-state index in [0.717, 1.165) is 61.1 Å². The van der Waals surface area contributed by atoms with Gasteiger partial charge in [0.15, 0.2) is 18.2 Å². The van der Waals surface area contributed by atoms with Crippen LogP contribution in [0.1, 0.15) is 43.7 Å². The lowest BCUT2D eigenvalue weighted by Crippen LogP contribution is -3.12. The van der Waals surface area contributed by atoms with Gasteiger partial charge in [-0.2, -0.15) is 5.26 Å². The molecular weight excluding hydrogens is 466 g/mol. The van der Waals surface area contributed by atoms with Crippen LogP contribution in [0.5, 0.6) is 5.75 Å². The number of methoxy groups -OCH3 is 1. The minimum atomic E-state index is -0.517. The van der Waals surface area contributed by atoms with Crippen LogP contribution in [0.15, 0.2) is 65.4 Å². The van der Waals surface area contributed by atoms with E-state index in [-0.39, 0.29) is 11.2 Å². The molecule has 3 aliphatic rings. The second-order valence-corrected chi connectivity index (χ2v) is 10.9. The summed E-state index contributed by atoms with van der Waals surface area (Å²) in [6, 6.07) is 12.2. The van der Waals surface area contributed by atoms with Crippen molar-refractivity contribution in [3.05, 3.63) is 76.5 Å². The quantitative estimate of drug-likeness (QED) is 0.648. The van der Waals surface area contributed by atoms with Crippen molar-refractivity contribution in [1.82, 2.24) is 0 Å². The van der Waals surface area contributed by atoms with Gasteiger partial charge in [0.25, 0.3) is 0 Å². The number of benzene rings is 1. The molecule has 2 aliphatic heterocycles. The van der Waals surface area contributed by atoms with Crippen molar-refractivity contribution in [3.8, 4) is 11.8 Å². The van der Waals surface area contributed by atoms with Crippen molar-refractivity contribution in [3.63, 3.8) is 0 Å². The first-order valence-corrected chi connectivity index (χ1v) is 12.8. The molecule has 1 aliphatic carbocycles. The van der Waals surface area contributed by atoms with Gasteiger partial charge in [-0.05, 0) is 35.6 Å². The summed E-state index contributed by atoms with van der Waals surface area (Å²) in [7, 11) is 1.68. The Bertz CT molecular complexity index is 1300. The van der Waals surface area contributed by atoms with Crippen LogP contribution < -0.4 is 25.3 Å². The number of nitrogens with two attached hydrogens (primary N) is 1. The summed E-state index contributed by atoms with van der Waals surface area (Å²) in [5, 5.41) is 10.4. The summed E-state index contributed by atoms with van der Waals surface area (Å²) < 4.78 is 11.2. The summed E-state index contributed by atoms with van der Waals surface area (Å²) in [4.78, 5) is 20.2. The Kier molecular flexibility index (Phi) is 6.76. The van der Waals surface area contributed by atoms with Gasteiger partial charge in [0.1, 0.15) is 36.9 Å². The van der Waals surface area contributed by atoms with E-state index in [2.05, 4.69) is 31.0 Å². The summed E-state index contributed by atoms with van der Waals surface area (Å²) in [5.41, 5.74) is 11.2. The lowest BCUT2D eigenvalue weighted by molar-refractivity contribution is -0.921. The number of nitrogens with one attached hydrogen (secondary N) is 2. The normalized spacial score (nSPS) is 22.1. The highest BCUT2D eigenvalue weighted by molar-refractivity contribution is 6.01. The number of carbonyl (C=O) groups excluding carboxylic acids is 1. The first-order valence-electron chi connectivity index (χ1n) is 12.8. The lowest BCUT2D eigenvalue weighted by Gasteiger charge is -2.43. The van der Waals surface area contributed by atoms with Crippen molar-refractivity contribution in [2.24, 2.45) is 11.1 Å². The molecule has 1 saturated heterocycles. The Hall–Kier alpha value is -3.67. The van der Waals surface area contributed by atoms with Crippen LogP contribution in [0.4, 0.5) is 5.69 Å². The van der Waals surface area contributed by atoms with Gasteiger partial charge in [0.05, 0.1) is 37.9 Å². The summed E-state index contributed by atoms with van der Waals surface area (Å²) in [5.74, 6) is 0.725. The van der Waals surface area contributed by atoms with Crippen molar-refractivity contribution < 1.29 is 24.2 Å². The number of allylic oxidation sites excluding steroid dienone is 3.